The number of hydrogen-bond acceptors (Lipinski definition) is 10. The van der Waals surface area contributed by atoms with E-state index in [1.807, 2.05) is 19.9 Å². The third-order valence-corrected chi connectivity index (χ3v) is 6.85. The van der Waals surface area contributed by atoms with Crippen LogP contribution in [0.4, 0.5) is 11.6 Å². The average molecular weight is 566 g/mol. The molecule has 2 amide bonds. The van der Waals surface area contributed by atoms with Crippen LogP contribution >= 0.6 is 0 Å². The first-order valence-electron chi connectivity index (χ1n) is 13.2. The number of aromatic amines is 1. The molecule has 13 heteroatoms. The maximum absolute atomic E-state index is 13.7. The van der Waals surface area contributed by atoms with Gasteiger partial charge in [0.1, 0.15) is 6.04 Å². The van der Waals surface area contributed by atoms with Crippen LogP contribution in [-0.4, -0.2) is 59.8 Å². The fraction of sp³-hybridized carbons (Fsp3) is 0.429. The van der Waals surface area contributed by atoms with E-state index in [1.165, 1.54) is 20.1 Å². The number of amides is 2. The van der Waals surface area contributed by atoms with Crippen molar-refractivity contribution in [2.75, 3.05) is 32.0 Å². The first-order valence-corrected chi connectivity index (χ1v) is 13.2. The molecule has 4 rings (SSSR count). The molecule has 0 fully saturated rings. The first kappa shape index (κ1) is 29.3. The summed E-state index contributed by atoms with van der Waals surface area (Å²) in [4.78, 5) is 39.0. The van der Waals surface area contributed by atoms with E-state index in [-0.39, 0.29) is 28.9 Å². The van der Waals surface area contributed by atoms with Crippen molar-refractivity contribution in [3.8, 4) is 28.4 Å². The molecule has 1 aliphatic carbocycles. The Bertz CT molecular complexity index is 1480. The maximum Gasteiger partial charge on any atom is 0.269 e. The van der Waals surface area contributed by atoms with Gasteiger partial charge in [-0.15, -0.1) is 5.10 Å². The van der Waals surface area contributed by atoms with Crippen LogP contribution in [0.1, 0.15) is 50.8 Å². The van der Waals surface area contributed by atoms with E-state index in [0.717, 1.165) is 11.1 Å². The van der Waals surface area contributed by atoms with Gasteiger partial charge in [0.2, 0.25) is 23.0 Å². The number of nitrogens with zero attached hydrogens (tertiary/aromatic N) is 3. The SMILES string of the molecule is COc1cc2c(c(OC)c1OC)-c1ccc(N[C@@H](CC(C)C)C(=O)Nc3nn[nH]n3)c(=O)cc1[C@@H](NC(C)=O)CC2. The first-order chi connectivity index (χ1) is 19.7. The zero-order valence-corrected chi connectivity index (χ0v) is 24.0. The highest BCUT2D eigenvalue weighted by atomic mass is 16.5. The number of aromatic nitrogens is 4. The predicted octanol–water partition coefficient (Wildman–Crippen LogP) is 2.84. The standard InChI is InChI=1S/C28H35N7O6/c1-14(2)11-21(27(38)31-28-32-34-35-33-28)30-20-10-8-17-18(13-22(20)37)19(29-15(3)36)9-7-16-12-23(39-4)25(40-5)26(41-6)24(16)17/h8,10,12-14,19,21H,7,9,11H2,1-6H3,(H,29,36)(H,30,37)(H2,31,32,33,34,35,38)/t19-,21-/m0/s1. The summed E-state index contributed by atoms with van der Waals surface area (Å²) >= 11 is 0. The highest BCUT2D eigenvalue weighted by Gasteiger charge is 2.30. The van der Waals surface area contributed by atoms with Gasteiger partial charge < -0.3 is 24.8 Å². The molecule has 0 radical (unpaired) electrons. The normalized spacial score (nSPS) is 14.7. The molecule has 0 aliphatic heterocycles. The van der Waals surface area contributed by atoms with Crippen LogP contribution < -0.4 is 35.6 Å². The molecular weight excluding hydrogens is 530 g/mol. The minimum atomic E-state index is -0.763. The van der Waals surface area contributed by atoms with E-state index in [1.54, 1.807) is 26.4 Å². The number of carbonyl (C=O) groups is 2. The Labute approximate surface area is 237 Å². The number of tetrazole rings is 1. The molecule has 13 nitrogen and oxygen atoms in total. The van der Waals surface area contributed by atoms with E-state index in [9.17, 15) is 14.4 Å². The molecule has 2 aromatic carbocycles. The maximum atomic E-state index is 13.7. The molecule has 0 spiro atoms. The van der Waals surface area contributed by atoms with Crippen LogP contribution in [0.5, 0.6) is 17.2 Å². The second-order valence-corrected chi connectivity index (χ2v) is 10.1. The zero-order valence-electron chi connectivity index (χ0n) is 24.0. The van der Waals surface area contributed by atoms with Crippen molar-refractivity contribution in [2.24, 2.45) is 5.92 Å². The molecule has 1 aromatic heterocycles. The molecule has 2 atom stereocenters. The van der Waals surface area contributed by atoms with E-state index >= 15 is 0 Å². The molecule has 0 bridgehead atoms. The van der Waals surface area contributed by atoms with Crippen molar-refractivity contribution in [1.82, 2.24) is 25.9 Å². The summed E-state index contributed by atoms with van der Waals surface area (Å²) in [5, 5.41) is 22.0. The molecular formula is C28H35N7O6. The third-order valence-electron chi connectivity index (χ3n) is 6.85. The lowest BCUT2D eigenvalue weighted by molar-refractivity contribution is -0.120. The molecule has 0 unspecified atom stereocenters. The number of aryl methyl sites for hydroxylation is 1. The van der Waals surface area contributed by atoms with Gasteiger partial charge in [0.05, 0.1) is 33.1 Å². The Hall–Kier alpha value is -4.68. The Balaban J connectivity index is 1.87. The molecule has 0 saturated heterocycles. The number of rotatable bonds is 10. The number of carbonyl (C=O) groups excluding carboxylic acids is 2. The molecule has 41 heavy (non-hydrogen) atoms. The van der Waals surface area contributed by atoms with E-state index in [0.29, 0.717) is 47.6 Å². The predicted molar refractivity (Wildman–Crippen MR) is 152 cm³/mol. The van der Waals surface area contributed by atoms with Crippen LogP contribution in [0, 0.1) is 5.92 Å². The van der Waals surface area contributed by atoms with Gasteiger partial charge >= 0.3 is 0 Å². The lowest BCUT2D eigenvalue weighted by Gasteiger charge is -2.19. The lowest BCUT2D eigenvalue weighted by Crippen LogP contribution is -2.37. The zero-order chi connectivity index (χ0) is 29.7. The molecule has 4 N–H and O–H groups in total. The third kappa shape index (κ3) is 6.39. The summed E-state index contributed by atoms with van der Waals surface area (Å²) in [6.07, 6.45) is 1.55. The Morgan fingerprint density at radius 1 is 1.10 bits per heavy atom. The molecule has 3 aromatic rings. The number of nitrogens with one attached hydrogen (secondary N) is 4. The van der Waals surface area contributed by atoms with Crippen molar-refractivity contribution in [3.05, 3.63) is 45.6 Å². The summed E-state index contributed by atoms with van der Waals surface area (Å²) in [5.41, 5.74) is 2.84. The van der Waals surface area contributed by atoms with Gasteiger partial charge in [-0.2, -0.15) is 5.21 Å². The van der Waals surface area contributed by atoms with Gasteiger partial charge in [0, 0.05) is 12.5 Å². The summed E-state index contributed by atoms with van der Waals surface area (Å²) < 4.78 is 17.0. The monoisotopic (exact) mass is 565 g/mol. The molecule has 1 heterocycles. The number of H-pyrrole nitrogens is 1. The Kier molecular flexibility index (Phi) is 9.05. The van der Waals surface area contributed by atoms with Crippen LogP contribution in [-0.2, 0) is 16.0 Å². The van der Waals surface area contributed by atoms with Crippen molar-refractivity contribution >= 4 is 23.5 Å². The Morgan fingerprint density at radius 3 is 2.46 bits per heavy atom. The molecule has 218 valence electrons. The van der Waals surface area contributed by atoms with E-state index in [2.05, 4.69) is 36.6 Å². The van der Waals surface area contributed by atoms with E-state index in [4.69, 9.17) is 14.2 Å². The van der Waals surface area contributed by atoms with Crippen molar-refractivity contribution in [3.63, 3.8) is 0 Å². The summed E-state index contributed by atoms with van der Waals surface area (Å²) in [7, 11) is 4.63. The Morgan fingerprint density at radius 2 is 1.85 bits per heavy atom. The second-order valence-electron chi connectivity index (χ2n) is 10.1. The summed E-state index contributed by atoms with van der Waals surface area (Å²) in [6, 6.07) is 5.63. The van der Waals surface area contributed by atoms with Crippen LogP contribution in [0.15, 0.2) is 29.1 Å². The smallest absolute Gasteiger partial charge is 0.269 e. The fourth-order valence-corrected chi connectivity index (χ4v) is 5.13. The largest absolute Gasteiger partial charge is 0.493 e. The van der Waals surface area contributed by atoms with Gasteiger partial charge in [-0.05, 0) is 65.3 Å². The van der Waals surface area contributed by atoms with Gasteiger partial charge in [0.25, 0.3) is 5.95 Å². The van der Waals surface area contributed by atoms with Crippen LogP contribution in [0.2, 0.25) is 0 Å². The van der Waals surface area contributed by atoms with Gasteiger partial charge in [-0.25, -0.2) is 0 Å². The lowest BCUT2D eigenvalue weighted by atomic mass is 9.95. The summed E-state index contributed by atoms with van der Waals surface area (Å²) in [6.45, 7) is 5.40. The highest BCUT2D eigenvalue weighted by molar-refractivity contribution is 5.95. The second kappa shape index (κ2) is 12.7. The number of benzene rings is 1. The van der Waals surface area contributed by atoms with Gasteiger partial charge in [-0.3, -0.25) is 19.7 Å². The van der Waals surface area contributed by atoms with Gasteiger partial charge in [-0.1, -0.05) is 25.0 Å². The van der Waals surface area contributed by atoms with Crippen LogP contribution in [0.3, 0.4) is 0 Å². The topological polar surface area (TPSA) is 169 Å². The quantitative estimate of drug-likeness (QED) is 0.287. The minimum Gasteiger partial charge on any atom is -0.493 e. The van der Waals surface area contributed by atoms with Gasteiger partial charge in [0.15, 0.2) is 11.5 Å². The van der Waals surface area contributed by atoms with Crippen molar-refractivity contribution in [2.45, 2.75) is 52.1 Å². The number of hydrogen-bond donors (Lipinski definition) is 4. The number of ether oxygens (including phenoxy) is 3. The highest BCUT2D eigenvalue weighted by Crippen LogP contribution is 2.50. The number of methoxy groups -OCH3 is 3. The molecule has 0 saturated carbocycles. The fourth-order valence-electron chi connectivity index (χ4n) is 5.13. The summed E-state index contributed by atoms with van der Waals surface area (Å²) in [5.74, 6) is 0.921. The van der Waals surface area contributed by atoms with Crippen molar-refractivity contribution < 1.29 is 23.8 Å². The van der Waals surface area contributed by atoms with Crippen molar-refractivity contribution in [1.29, 1.82) is 0 Å². The average Bonchev–Trinajstić information content (AvgIpc) is 3.34. The molecule has 1 aliphatic rings. The number of anilines is 2. The van der Waals surface area contributed by atoms with Crippen LogP contribution in [0.25, 0.3) is 11.1 Å². The minimum absolute atomic E-state index is 0.0319. The van der Waals surface area contributed by atoms with E-state index < -0.39 is 18.0 Å². The number of fused-ring (bicyclic) bond motifs is 3.